The molecule has 0 radical (unpaired) electrons. The van der Waals surface area contributed by atoms with Crippen molar-refractivity contribution in [2.75, 3.05) is 45.0 Å². The van der Waals surface area contributed by atoms with Gasteiger partial charge in [0.25, 0.3) is 0 Å². The van der Waals surface area contributed by atoms with Crippen LogP contribution in [0.5, 0.6) is 5.75 Å². The lowest BCUT2D eigenvalue weighted by molar-refractivity contribution is 0.172. The van der Waals surface area contributed by atoms with Crippen LogP contribution in [0.3, 0.4) is 0 Å². The summed E-state index contributed by atoms with van der Waals surface area (Å²) in [5.41, 5.74) is 0.872. The third-order valence-corrected chi connectivity index (χ3v) is 5.04. The molecule has 0 spiro atoms. The van der Waals surface area contributed by atoms with E-state index in [1.165, 1.54) is 0 Å². The standard InChI is InChI=1S/C20H27N3O3S.HI/c1-21-20(22-12-15-27(24)19-10-4-3-5-11-19)23-17-8-6-9-18(16-17)26-14-7-13-25-2;/h3-6,8-11,16H,7,12-15H2,1-2H3,(H2,21,22,23);1H. The Bertz CT molecular complexity index is 744. The monoisotopic (exact) mass is 517 g/mol. The van der Waals surface area contributed by atoms with Crippen molar-refractivity contribution in [3.05, 3.63) is 54.6 Å². The van der Waals surface area contributed by atoms with Crippen LogP contribution in [0.15, 0.2) is 64.5 Å². The summed E-state index contributed by atoms with van der Waals surface area (Å²) in [4.78, 5) is 5.04. The second-order valence-electron chi connectivity index (χ2n) is 5.71. The molecule has 1 atom stereocenters. The van der Waals surface area contributed by atoms with Crippen LogP contribution in [-0.4, -0.2) is 49.8 Å². The van der Waals surface area contributed by atoms with E-state index in [4.69, 9.17) is 9.47 Å². The van der Waals surface area contributed by atoms with Crippen LogP contribution in [0, 0.1) is 0 Å². The molecule has 0 saturated carbocycles. The van der Waals surface area contributed by atoms with E-state index in [-0.39, 0.29) is 24.0 Å². The Morgan fingerprint density at radius 3 is 2.61 bits per heavy atom. The van der Waals surface area contributed by atoms with Gasteiger partial charge in [0, 0.05) is 56.1 Å². The second kappa shape index (κ2) is 14.4. The molecule has 2 rings (SSSR count). The zero-order valence-electron chi connectivity index (χ0n) is 16.2. The van der Waals surface area contributed by atoms with Crippen molar-refractivity contribution in [3.8, 4) is 5.75 Å². The van der Waals surface area contributed by atoms with Gasteiger partial charge < -0.3 is 20.1 Å². The third-order valence-electron chi connectivity index (χ3n) is 3.67. The molecule has 0 bridgehead atoms. The highest BCUT2D eigenvalue weighted by atomic mass is 127. The Hall–Kier alpha value is -1.65. The fraction of sp³-hybridized carbons (Fsp3) is 0.350. The van der Waals surface area contributed by atoms with Crippen molar-refractivity contribution < 1.29 is 13.7 Å². The lowest BCUT2D eigenvalue weighted by Crippen LogP contribution is -2.33. The maximum atomic E-state index is 12.2. The first kappa shape index (κ1) is 24.4. The Kier molecular flexibility index (Phi) is 12.5. The largest absolute Gasteiger partial charge is 0.493 e. The average molecular weight is 517 g/mol. The lowest BCUT2D eigenvalue weighted by atomic mass is 10.3. The highest BCUT2D eigenvalue weighted by Gasteiger charge is 2.05. The zero-order valence-corrected chi connectivity index (χ0v) is 19.4. The van der Waals surface area contributed by atoms with Gasteiger partial charge in [0.2, 0.25) is 0 Å². The van der Waals surface area contributed by atoms with Crippen LogP contribution >= 0.6 is 24.0 Å². The van der Waals surface area contributed by atoms with Crippen molar-refractivity contribution >= 4 is 46.4 Å². The zero-order chi connectivity index (χ0) is 19.3. The molecule has 6 nitrogen and oxygen atoms in total. The van der Waals surface area contributed by atoms with Gasteiger partial charge in [-0.3, -0.25) is 9.20 Å². The topological polar surface area (TPSA) is 72.0 Å². The fourth-order valence-corrected chi connectivity index (χ4v) is 3.31. The van der Waals surface area contributed by atoms with Crippen LogP contribution in [0.1, 0.15) is 6.42 Å². The van der Waals surface area contributed by atoms with Gasteiger partial charge in [-0.1, -0.05) is 24.3 Å². The molecule has 2 aromatic carbocycles. The van der Waals surface area contributed by atoms with E-state index in [2.05, 4.69) is 15.6 Å². The molecule has 0 aliphatic rings. The predicted octanol–water partition coefficient (Wildman–Crippen LogP) is 3.52. The van der Waals surface area contributed by atoms with E-state index in [9.17, 15) is 4.21 Å². The summed E-state index contributed by atoms with van der Waals surface area (Å²) in [6.07, 6.45) is 0.843. The van der Waals surface area contributed by atoms with E-state index < -0.39 is 10.8 Å². The average Bonchev–Trinajstić information content (AvgIpc) is 2.71. The highest BCUT2D eigenvalue weighted by molar-refractivity contribution is 14.0. The third kappa shape index (κ3) is 9.03. The summed E-state index contributed by atoms with van der Waals surface area (Å²) < 4.78 is 23.0. The number of anilines is 1. The van der Waals surface area contributed by atoms with Crippen molar-refractivity contribution in [1.29, 1.82) is 0 Å². The van der Waals surface area contributed by atoms with Crippen molar-refractivity contribution in [2.24, 2.45) is 4.99 Å². The highest BCUT2D eigenvalue weighted by Crippen LogP contribution is 2.17. The number of aliphatic imine (C=N–C) groups is 1. The summed E-state index contributed by atoms with van der Waals surface area (Å²) in [5.74, 6) is 1.92. The Morgan fingerprint density at radius 1 is 1.11 bits per heavy atom. The number of benzene rings is 2. The second-order valence-corrected chi connectivity index (χ2v) is 7.28. The van der Waals surface area contributed by atoms with Gasteiger partial charge in [-0.25, -0.2) is 0 Å². The summed E-state index contributed by atoms with van der Waals surface area (Å²) in [5, 5.41) is 6.41. The molecule has 1 unspecified atom stereocenters. The van der Waals surface area contributed by atoms with Crippen molar-refractivity contribution in [1.82, 2.24) is 5.32 Å². The minimum Gasteiger partial charge on any atom is -0.493 e. The molecular weight excluding hydrogens is 489 g/mol. The molecule has 0 saturated heterocycles. The SMILES string of the molecule is CN=C(NCCS(=O)c1ccccc1)Nc1cccc(OCCCOC)c1.I. The number of hydrogen-bond acceptors (Lipinski definition) is 4. The molecule has 0 heterocycles. The fourth-order valence-electron chi connectivity index (χ4n) is 2.33. The van der Waals surface area contributed by atoms with E-state index in [0.717, 1.165) is 22.8 Å². The molecule has 154 valence electrons. The molecule has 2 aromatic rings. The van der Waals surface area contributed by atoms with Crippen LogP contribution in [0.4, 0.5) is 5.69 Å². The predicted molar refractivity (Wildman–Crippen MR) is 127 cm³/mol. The minimum atomic E-state index is -1.03. The number of ether oxygens (including phenoxy) is 2. The van der Waals surface area contributed by atoms with E-state index in [0.29, 0.717) is 31.5 Å². The van der Waals surface area contributed by atoms with Gasteiger partial charge in [-0.05, 0) is 24.3 Å². The molecule has 0 aliphatic carbocycles. The summed E-state index contributed by atoms with van der Waals surface area (Å²) >= 11 is 0. The van der Waals surface area contributed by atoms with Gasteiger partial charge in [-0.2, -0.15) is 0 Å². The molecule has 8 heteroatoms. The van der Waals surface area contributed by atoms with E-state index >= 15 is 0 Å². The molecule has 0 aromatic heterocycles. The Labute approximate surface area is 186 Å². The maximum absolute atomic E-state index is 12.2. The Morgan fingerprint density at radius 2 is 1.89 bits per heavy atom. The molecule has 0 aliphatic heterocycles. The summed E-state index contributed by atoms with van der Waals surface area (Å²) in [6, 6.07) is 17.2. The Balaban J connectivity index is 0.00000392. The number of methoxy groups -OCH3 is 1. The maximum Gasteiger partial charge on any atom is 0.195 e. The first-order chi connectivity index (χ1) is 13.2. The minimum absolute atomic E-state index is 0. The van der Waals surface area contributed by atoms with Crippen molar-refractivity contribution in [3.63, 3.8) is 0 Å². The summed E-state index contributed by atoms with van der Waals surface area (Å²) in [6.45, 7) is 1.84. The number of halogens is 1. The number of hydrogen-bond donors (Lipinski definition) is 2. The van der Waals surface area contributed by atoms with Gasteiger partial charge >= 0.3 is 0 Å². The number of guanidine groups is 1. The van der Waals surface area contributed by atoms with Gasteiger partial charge in [0.15, 0.2) is 5.96 Å². The van der Waals surface area contributed by atoms with E-state index in [1.54, 1.807) is 14.2 Å². The van der Waals surface area contributed by atoms with Crippen LogP contribution in [0.2, 0.25) is 0 Å². The smallest absolute Gasteiger partial charge is 0.195 e. The van der Waals surface area contributed by atoms with Crippen LogP contribution in [-0.2, 0) is 15.5 Å². The van der Waals surface area contributed by atoms with Crippen molar-refractivity contribution in [2.45, 2.75) is 11.3 Å². The van der Waals surface area contributed by atoms with Gasteiger partial charge in [0.1, 0.15) is 5.75 Å². The lowest BCUT2D eigenvalue weighted by Gasteiger charge is -2.13. The van der Waals surface area contributed by atoms with Gasteiger partial charge in [0.05, 0.1) is 17.4 Å². The quantitative estimate of drug-likeness (QED) is 0.219. The molecule has 0 fully saturated rings. The number of nitrogens with zero attached hydrogens (tertiary/aromatic N) is 1. The number of nitrogens with one attached hydrogen (secondary N) is 2. The normalized spacial score (nSPS) is 12.0. The first-order valence-electron chi connectivity index (χ1n) is 8.86. The summed E-state index contributed by atoms with van der Waals surface area (Å²) in [7, 11) is 2.35. The van der Waals surface area contributed by atoms with E-state index in [1.807, 2.05) is 54.6 Å². The number of rotatable bonds is 10. The molecule has 0 amide bonds. The first-order valence-corrected chi connectivity index (χ1v) is 10.2. The van der Waals surface area contributed by atoms with Gasteiger partial charge in [-0.15, -0.1) is 24.0 Å². The molecule has 28 heavy (non-hydrogen) atoms. The van der Waals surface area contributed by atoms with Crippen LogP contribution < -0.4 is 15.4 Å². The molecule has 2 N–H and O–H groups in total. The van der Waals surface area contributed by atoms with Crippen LogP contribution in [0.25, 0.3) is 0 Å². The molecular formula is C20H28IN3O3S.